The number of nitrogens with zero attached hydrogens (tertiary/aromatic N) is 5. The molecule has 3 heterocycles. The van der Waals surface area contributed by atoms with Crippen LogP contribution in [0.1, 0.15) is 57.6 Å². The summed E-state index contributed by atoms with van der Waals surface area (Å²) < 4.78 is 47.6. The summed E-state index contributed by atoms with van der Waals surface area (Å²) >= 11 is 0. The van der Waals surface area contributed by atoms with Crippen LogP contribution < -0.4 is 5.73 Å². The largest absolute Gasteiger partial charge is 0.401 e. The van der Waals surface area contributed by atoms with E-state index >= 15 is 0 Å². The Morgan fingerprint density at radius 1 is 1.16 bits per heavy atom. The minimum Gasteiger partial charge on any atom is -0.386 e. The molecule has 13 heteroatoms. The number of alkyl halides is 3. The summed E-state index contributed by atoms with van der Waals surface area (Å²) in [6.07, 6.45) is -3.15. The van der Waals surface area contributed by atoms with Crippen LogP contribution in [0.3, 0.4) is 0 Å². The topological polar surface area (TPSA) is 138 Å². The van der Waals surface area contributed by atoms with Gasteiger partial charge in [-0.2, -0.15) is 13.2 Å². The summed E-state index contributed by atoms with van der Waals surface area (Å²) in [5.74, 6) is 1.34. The molecule has 0 spiro atoms. The van der Waals surface area contributed by atoms with Gasteiger partial charge in [-0.3, -0.25) is 4.90 Å². The molecule has 10 nitrogen and oxygen atoms in total. The van der Waals surface area contributed by atoms with Gasteiger partial charge in [0, 0.05) is 32.3 Å². The van der Waals surface area contributed by atoms with Crippen LogP contribution in [-0.4, -0.2) is 84.2 Å². The lowest BCUT2D eigenvalue weighted by molar-refractivity contribution is -0.169. The van der Waals surface area contributed by atoms with E-state index in [0.717, 1.165) is 23.3 Å². The van der Waals surface area contributed by atoms with Crippen molar-refractivity contribution in [3.8, 4) is 0 Å². The molecule has 0 aliphatic heterocycles. The minimum absolute atomic E-state index is 0.0205. The van der Waals surface area contributed by atoms with Gasteiger partial charge < -0.3 is 30.2 Å². The van der Waals surface area contributed by atoms with Crippen LogP contribution in [0.25, 0.3) is 22.1 Å². The number of halogens is 3. The maximum atomic E-state index is 13.6. The van der Waals surface area contributed by atoms with E-state index in [2.05, 4.69) is 47.9 Å². The lowest BCUT2D eigenvalue weighted by Crippen LogP contribution is -2.53. The molecule has 0 unspecified atom stereocenters. The minimum atomic E-state index is -4.43. The number of nitrogen functional groups attached to an aromatic ring is 1. The van der Waals surface area contributed by atoms with E-state index in [-0.39, 0.29) is 29.7 Å². The van der Waals surface area contributed by atoms with Gasteiger partial charge in [0.2, 0.25) is 0 Å². The van der Waals surface area contributed by atoms with Gasteiger partial charge in [-0.05, 0) is 54.4 Å². The van der Waals surface area contributed by atoms with E-state index in [9.17, 15) is 23.4 Å². The number of aromatic amines is 1. The normalized spacial score (nSPS) is 20.0. The summed E-state index contributed by atoms with van der Waals surface area (Å²) in [5.41, 5.74) is 9.27. The number of ether oxygens (including phenoxy) is 1. The number of anilines is 1. The molecular weight excluding hydrogens is 563 g/mol. The van der Waals surface area contributed by atoms with Crippen LogP contribution in [0.2, 0.25) is 0 Å². The summed E-state index contributed by atoms with van der Waals surface area (Å²) in [6.45, 7) is 5.13. The first kappa shape index (κ1) is 31.2. The number of imidazole rings is 1. The lowest BCUT2D eigenvalue weighted by atomic mass is 9.76. The predicted molar refractivity (Wildman–Crippen MR) is 157 cm³/mol. The molecule has 1 aromatic carbocycles. The molecule has 5 N–H and O–H groups in total. The number of H-pyrrole nitrogens is 1. The Hall–Kier alpha value is -3.26. The Morgan fingerprint density at radius 3 is 2.58 bits per heavy atom. The highest BCUT2D eigenvalue weighted by atomic mass is 19.4. The van der Waals surface area contributed by atoms with Crippen molar-refractivity contribution in [3.05, 3.63) is 48.2 Å². The van der Waals surface area contributed by atoms with Crippen LogP contribution in [0.15, 0.2) is 36.8 Å². The van der Waals surface area contributed by atoms with Crippen molar-refractivity contribution in [1.82, 2.24) is 29.4 Å². The van der Waals surface area contributed by atoms with Crippen molar-refractivity contribution in [2.45, 2.75) is 82.5 Å². The average Bonchev–Trinajstić information content (AvgIpc) is 3.52. The molecule has 0 amide bonds. The molecule has 3 atom stereocenters. The van der Waals surface area contributed by atoms with Crippen molar-refractivity contribution in [2.24, 2.45) is 5.92 Å². The first-order chi connectivity index (χ1) is 20.2. The van der Waals surface area contributed by atoms with Gasteiger partial charge in [-0.25, -0.2) is 15.0 Å². The Bertz CT molecular complexity index is 1540. The number of benzene rings is 1. The van der Waals surface area contributed by atoms with Crippen LogP contribution in [0.5, 0.6) is 0 Å². The number of aryl methyl sites for hydroxylation is 1. The van der Waals surface area contributed by atoms with Crippen molar-refractivity contribution in [2.75, 3.05) is 25.9 Å². The van der Waals surface area contributed by atoms with Gasteiger partial charge in [-0.15, -0.1) is 0 Å². The Labute approximate surface area is 248 Å². The Balaban J connectivity index is 1.21. The monoisotopic (exact) mass is 603 g/mol. The van der Waals surface area contributed by atoms with Gasteiger partial charge in [0.15, 0.2) is 6.23 Å². The van der Waals surface area contributed by atoms with Crippen molar-refractivity contribution < 1.29 is 28.1 Å². The third-order valence-electron chi connectivity index (χ3n) is 8.53. The van der Waals surface area contributed by atoms with E-state index in [4.69, 9.17) is 15.5 Å². The summed E-state index contributed by atoms with van der Waals surface area (Å²) in [4.78, 5) is 17.5. The zero-order valence-corrected chi connectivity index (χ0v) is 24.8. The van der Waals surface area contributed by atoms with Gasteiger partial charge >= 0.3 is 6.18 Å². The molecule has 0 saturated heterocycles. The van der Waals surface area contributed by atoms with Crippen molar-refractivity contribution in [1.29, 1.82) is 0 Å². The number of methoxy groups -OCH3 is 1. The van der Waals surface area contributed by atoms with E-state index in [1.54, 1.807) is 6.07 Å². The summed E-state index contributed by atoms with van der Waals surface area (Å²) in [6, 6.07) is 7.52. The van der Waals surface area contributed by atoms with Crippen molar-refractivity contribution >= 4 is 27.9 Å². The average molecular weight is 604 g/mol. The van der Waals surface area contributed by atoms with E-state index in [1.165, 1.54) is 34.7 Å². The molecule has 1 aliphatic rings. The Morgan fingerprint density at radius 2 is 1.91 bits per heavy atom. The predicted octanol–water partition coefficient (Wildman–Crippen LogP) is 4.33. The fraction of sp³-hybridized carbons (Fsp3) is 0.567. The number of aliphatic hydroxyl groups excluding tert-OH is 2. The highest BCUT2D eigenvalue weighted by Gasteiger charge is 2.42. The zero-order chi connectivity index (χ0) is 31.1. The number of aliphatic hydroxyl groups is 2. The van der Waals surface area contributed by atoms with Crippen molar-refractivity contribution in [3.63, 3.8) is 0 Å². The quantitative estimate of drug-likeness (QED) is 0.199. The maximum Gasteiger partial charge on any atom is 0.401 e. The van der Waals surface area contributed by atoms with E-state index in [1.807, 2.05) is 6.07 Å². The summed E-state index contributed by atoms with van der Waals surface area (Å²) in [7, 11) is 1.31. The molecule has 43 heavy (non-hydrogen) atoms. The third-order valence-corrected chi connectivity index (χ3v) is 8.53. The number of rotatable bonds is 11. The number of nitrogens with two attached hydrogens (primary N) is 1. The number of hydrogen-bond acceptors (Lipinski definition) is 8. The molecular formula is C30H40F3N7O3. The highest BCUT2D eigenvalue weighted by molar-refractivity contribution is 5.86. The SMILES string of the molecule is CO[C@H](CN(CC(F)(F)F)[C@H]1C[C@@H](CCc2nc3cc(C(C)(C)C)ccc3[nH]2)C1)[C@@H](O)[C@@H](O)n1ccc2c(N)ncnc21. The van der Waals surface area contributed by atoms with Gasteiger partial charge in [0.1, 0.15) is 35.8 Å². The first-order valence-corrected chi connectivity index (χ1v) is 14.5. The molecule has 0 radical (unpaired) electrons. The first-order valence-electron chi connectivity index (χ1n) is 14.5. The second kappa shape index (κ2) is 12.0. The number of hydrogen-bond donors (Lipinski definition) is 4. The molecule has 0 bridgehead atoms. The molecule has 234 valence electrons. The molecule has 1 saturated carbocycles. The molecule has 3 aromatic heterocycles. The number of aromatic nitrogens is 5. The molecule has 5 rings (SSSR count). The van der Waals surface area contributed by atoms with Gasteiger partial charge in [0.25, 0.3) is 0 Å². The molecule has 1 fully saturated rings. The van der Waals surface area contributed by atoms with Crippen LogP contribution >= 0.6 is 0 Å². The fourth-order valence-electron chi connectivity index (χ4n) is 5.91. The maximum absolute atomic E-state index is 13.6. The highest BCUT2D eigenvalue weighted by Crippen LogP contribution is 2.37. The van der Waals surface area contributed by atoms with Crippen LogP contribution in [-0.2, 0) is 16.6 Å². The standard InChI is InChI=1S/C30H40F3N7O3/c1-29(2,3)18-6-7-21-22(13-18)38-24(37-21)8-5-17-11-19(12-17)39(15-30(31,32)33)14-23(43-4)25(41)28(42)40-10-9-20-26(34)35-16-36-27(20)40/h6-7,9-10,13,16-17,19,23,25,28,41-42H,5,8,11-12,14-15H2,1-4H3,(H,37,38)(H2,34,35,36)/t17-,19+,23-,25-,28-/m1/s1. The van der Waals surface area contributed by atoms with E-state index < -0.39 is 31.2 Å². The fourth-order valence-corrected chi connectivity index (χ4v) is 5.91. The number of fused-ring (bicyclic) bond motifs is 2. The number of nitrogens with one attached hydrogen (secondary N) is 1. The lowest BCUT2D eigenvalue weighted by Gasteiger charge is -2.45. The zero-order valence-electron chi connectivity index (χ0n) is 24.8. The van der Waals surface area contributed by atoms with Gasteiger partial charge in [0.05, 0.1) is 23.0 Å². The smallest absolute Gasteiger partial charge is 0.386 e. The molecule has 4 aromatic rings. The third kappa shape index (κ3) is 6.95. The second-order valence-corrected chi connectivity index (χ2v) is 12.6. The molecule has 1 aliphatic carbocycles. The van der Waals surface area contributed by atoms with Gasteiger partial charge in [-0.1, -0.05) is 26.8 Å². The summed E-state index contributed by atoms with van der Waals surface area (Å²) in [5, 5.41) is 22.4. The van der Waals surface area contributed by atoms with Crippen LogP contribution in [0.4, 0.5) is 19.0 Å². The van der Waals surface area contributed by atoms with E-state index in [0.29, 0.717) is 30.3 Å². The second-order valence-electron chi connectivity index (χ2n) is 12.6. The Kier molecular flexibility index (Phi) is 8.72. The van der Waals surface area contributed by atoms with Crippen LogP contribution in [0, 0.1) is 5.92 Å².